The molecule has 0 aromatic carbocycles. The first-order chi connectivity index (χ1) is 5.57. The summed E-state index contributed by atoms with van der Waals surface area (Å²) < 4.78 is 9.65. The normalized spacial score (nSPS) is 44.8. The van der Waals surface area contributed by atoms with E-state index in [1.165, 1.54) is 14.0 Å². The van der Waals surface area contributed by atoms with Crippen molar-refractivity contribution in [2.45, 2.75) is 37.6 Å². The van der Waals surface area contributed by atoms with E-state index in [1.807, 2.05) is 0 Å². The average molecular weight is 178 g/mol. The first-order valence-corrected chi connectivity index (χ1v) is 3.80. The van der Waals surface area contributed by atoms with Crippen LogP contribution in [0.4, 0.5) is 0 Å². The second-order valence-corrected chi connectivity index (χ2v) is 2.92. The summed E-state index contributed by atoms with van der Waals surface area (Å²) in [6.45, 7) is 1.48. The van der Waals surface area contributed by atoms with Gasteiger partial charge in [-0.05, 0) is 6.92 Å². The molecule has 0 radical (unpaired) electrons. The molecule has 72 valence electrons. The summed E-state index contributed by atoms with van der Waals surface area (Å²) in [5.41, 5.74) is 0. The number of aliphatic hydroxyl groups is 3. The van der Waals surface area contributed by atoms with E-state index < -0.39 is 30.7 Å². The molecule has 0 bridgehead atoms. The van der Waals surface area contributed by atoms with Crippen molar-refractivity contribution < 1.29 is 24.8 Å². The third-order valence-corrected chi connectivity index (χ3v) is 2.00. The van der Waals surface area contributed by atoms with Crippen molar-refractivity contribution in [1.29, 1.82) is 0 Å². The molecule has 0 spiro atoms. The minimum absolute atomic E-state index is 0.773. The highest BCUT2D eigenvalue weighted by molar-refractivity contribution is 4.89. The molecule has 0 unspecified atom stereocenters. The quantitative estimate of drug-likeness (QED) is 0.477. The SMILES string of the molecule is CO[C@H]1[C@H](O)[C@@H]([C@H](C)O)O[C@H]1O. The highest BCUT2D eigenvalue weighted by Gasteiger charge is 2.45. The van der Waals surface area contributed by atoms with Crippen LogP contribution in [-0.2, 0) is 9.47 Å². The third kappa shape index (κ3) is 1.60. The lowest BCUT2D eigenvalue weighted by Crippen LogP contribution is -2.38. The molecule has 0 aromatic heterocycles. The molecule has 5 heteroatoms. The summed E-state index contributed by atoms with van der Waals surface area (Å²) >= 11 is 0. The second kappa shape index (κ2) is 3.68. The van der Waals surface area contributed by atoms with Gasteiger partial charge in [0.2, 0.25) is 0 Å². The van der Waals surface area contributed by atoms with Gasteiger partial charge in [-0.1, -0.05) is 0 Å². The lowest BCUT2D eigenvalue weighted by Gasteiger charge is -2.17. The Morgan fingerprint density at radius 3 is 2.25 bits per heavy atom. The average Bonchev–Trinajstić information content (AvgIpc) is 2.27. The fraction of sp³-hybridized carbons (Fsp3) is 1.00. The number of hydrogen-bond acceptors (Lipinski definition) is 5. The second-order valence-electron chi connectivity index (χ2n) is 2.92. The van der Waals surface area contributed by atoms with Crippen LogP contribution in [0, 0.1) is 0 Å². The van der Waals surface area contributed by atoms with Crippen LogP contribution in [0.3, 0.4) is 0 Å². The summed E-state index contributed by atoms with van der Waals surface area (Å²) in [5.74, 6) is 0. The van der Waals surface area contributed by atoms with E-state index >= 15 is 0 Å². The van der Waals surface area contributed by atoms with Gasteiger partial charge in [-0.25, -0.2) is 0 Å². The molecule has 1 heterocycles. The number of aliphatic hydroxyl groups excluding tert-OH is 3. The van der Waals surface area contributed by atoms with Crippen LogP contribution in [0.5, 0.6) is 0 Å². The van der Waals surface area contributed by atoms with Crippen molar-refractivity contribution in [2.75, 3.05) is 7.11 Å². The van der Waals surface area contributed by atoms with Gasteiger partial charge < -0.3 is 24.8 Å². The first kappa shape index (κ1) is 9.88. The van der Waals surface area contributed by atoms with Crippen LogP contribution in [0.15, 0.2) is 0 Å². The number of methoxy groups -OCH3 is 1. The Hall–Kier alpha value is -0.200. The van der Waals surface area contributed by atoms with Gasteiger partial charge in [-0.3, -0.25) is 0 Å². The van der Waals surface area contributed by atoms with Gasteiger partial charge in [-0.15, -0.1) is 0 Å². The first-order valence-electron chi connectivity index (χ1n) is 3.80. The fourth-order valence-electron chi connectivity index (χ4n) is 1.33. The number of rotatable bonds is 2. The molecular formula is C7H14O5. The topological polar surface area (TPSA) is 79.2 Å². The van der Waals surface area contributed by atoms with E-state index in [9.17, 15) is 5.11 Å². The minimum Gasteiger partial charge on any atom is -0.391 e. The Labute approximate surface area is 70.5 Å². The summed E-state index contributed by atoms with van der Waals surface area (Å²) in [6.07, 6.45) is -4.51. The van der Waals surface area contributed by atoms with E-state index in [-0.39, 0.29) is 0 Å². The molecule has 1 rings (SSSR count). The third-order valence-electron chi connectivity index (χ3n) is 2.00. The Morgan fingerprint density at radius 2 is 2.00 bits per heavy atom. The summed E-state index contributed by atoms with van der Waals surface area (Å²) in [4.78, 5) is 0. The molecule has 0 saturated carbocycles. The van der Waals surface area contributed by atoms with Crippen molar-refractivity contribution in [3.05, 3.63) is 0 Å². The van der Waals surface area contributed by atoms with Gasteiger partial charge in [0, 0.05) is 7.11 Å². The predicted octanol–water partition coefficient (Wildman–Crippen LogP) is -1.54. The van der Waals surface area contributed by atoms with Crippen molar-refractivity contribution in [3.8, 4) is 0 Å². The summed E-state index contributed by atoms with van der Waals surface area (Å²) in [7, 11) is 1.37. The van der Waals surface area contributed by atoms with Crippen molar-refractivity contribution >= 4 is 0 Å². The van der Waals surface area contributed by atoms with Gasteiger partial charge in [0.1, 0.15) is 18.3 Å². The zero-order valence-electron chi connectivity index (χ0n) is 7.04. The van der Waals surface area contributed by atoms with E-state index in [0.717, 1.165) is 0 Å². The summed E-state index contributed by atoms with van der Waals surface area (Å²) in [5, 5.41) is 27.7. The predicted molar refractivity (Wildman–Crippen MR) is 39.4 cm³/mol. The van der Waals surface area contributed by atoms with Gasteiger partial charge in [0.25, 0.3) is 0 Å². The van der Waals surface area contributed by atoms with Crippen LogP contribution >= 0.6 is 0 Å². The maximum atomic E-state index is 9.42. The lowest BCUT2D eigenvalue weighted by molar-refractivity contribution is -0.148. The van der Waals surface area contributed by atoms with E-state index in [1.54, 1.807) is 0 Å². The molecule has 1 fully saturated rings. The largest absolute Gasteiger partial charge is 0.391 e. The van der Waals surface area contributed by atoms with Gasteiger partial charge >= 0.3 is 0 Å². The minimum atomic E-state index is -1.16. The van der Waals surface area contributed by atoms with E-state index in [4.69, 9.17) is 19.7 Å². The monoisotopic (exact) mass is 178 g/mol. The van der Waals surface area contributed by atoms with E-state index in [0.29, 0.717) is 0 Å². The molecule has 1 saturated heterocycles. The molecule has 1 aliphatic heterocycles. The van der Waals surface area contributed by atoms with Crippen LogP contribution in [-0.4, -0.2) is 53.1 Å². The van der Waals surface area contributed by atoms with Gasteiger partial charge in [0.05, 0.1) is 6.10 Å². The zero-order chi connectivity index (χ0) is 9.30. The number of ether oxygens (including phenoxy) is 2. The van der Waals surface area contributed by atoms with Crippen LogP contribution in [0.25, 0.3) is 0 Å². The number of hydrogen-bond donors (Lipinski definition) is 3. The van der Waals surface area contributed by atoms with Gasteiger partial charge in [-0.2, -0.15) is 0 Å². The highest BCUT2D eigenvalue weighted by Crippen LogP contribution is 2.23. The van der Waals surface area contributed by atoms with Crippen LogP contribution < -0.4 is 0 Å². The van der Waals surface area contributed by atoms with Crippen LogP contribution in [0.2, 0.25) is 0 Å². The molecule has 5 atom stereocenters. The highest BCUT2D eigenvalue weighted by atomic mass is 16.7. The van der Waals surface area contributed by atoms with Crippen molar-refractivity contribution in [1.82, 2.24) is 0 Å². The Bertz CT molecular complexity index is 149. The molecule has 0 aliphatic carbocycles. The standard InChI is InChI=1S/C7H14O5/c1-3(8)5-4(9)6(11-2)7(10)12-5/h3-10H,1-2H3/t3-,4+,5+,6-,7+/m0/s1. The fourth-order valence-corrected chi connectivity index (χ4v) is 1.33. The molecule has 0 amide bonds. The molecule has 5 nitrogen and oxygen atoms in total. The molecular weight excluding hydrogens is 164 g/mol. The Kier molecular flexibility index (Phi) is 3.03. The van der Waals surface area contributed by atoms with Crippen molar-refractivity contribution in [2.24, 2.45) is 0 Å². The Morgan fingerprint density at radius 1 is 1.42 bits per heavy atom. The molecule has 1 aliphatic rings. The van der Waals surface area contributed by atoms with E-state index in [2.05, 4.69) is 0 Å². The molecule has 3 N–H and O–H groups in total. The maximum absolute atomic E-state index is 9.42. The molecule has 0 aromatic rings. The lowest BCUT2D eigenvalue weighted by atomic mass is 10.1. The smallest absolute Gasteiger partial charge is 0.184 e. The van der Waals surface area contributed by atoms with Crippen LogP contribution in [0.1, 0.15) is 6.92 Å². The van der Waals surface area contributed by atoms with Crippen molar-refractivity contribution in [3.63, 3.8) is 0 Å². The maximum Gasteiger partial charge on any atom is 0.184 e. The summed E-state index contributed by atoms with van der Waals surface area (Å²) in [6, 6.07) is 0. The molecule has 12 heavy (non-hydrogen) atoms. The van der Waals surface area contributed by atoms with Gasteiger partial charge in [0.15, 0.2) is 6.29 Å². The zero-order valence-corrected chi connectivity index (χ0v) is 7.04. The Balaban J connectivity index is 2.62.